The maximum atomic E-state index is 5.27. The lowest BCUT2D eigenvalue weighted by atomic mass is 9.92. The minimum Gasteiger partial charge on any atom is -0.497 e. The van der Waals surface area contributed by atoms with Gasteiger partial charge in [0, 0.05) is 24.6 Å². The number of H-pyrrole nitrogens is 1. The molecule has 4 rings (SSSR count). The molecule has 0 bridgehead atoms. The number of likely N-dealkylation sites (tertiary alicyclic amines) is 1. The van der Waals surface area contributed by atoms with Crippen molar-refractivity contribution in [3.05, 3.63) is 24.0 Å². The number of rotatable bonds is 3. The Hall–Kier alpha value is -1.55. The molecule has 106 valence electrons. The highest BCUT2D eigenvalue weighted by atomic mass is 16.5. The number of hydrogen-bond acceptors (Lipinski definition) is 3. The Morgan fingerprint density at radius 3 is 2.95 bits per heavy atom. The molecule has 1 aliphatic carbocycles. The van der Waals surface area contributed by atoms with Gasteiger partial charge in [-0.15, -0.1) is 0 Å². The minimum atomic E-state index is 0.564. The van der Waals surface area contributed by atoms with E-state index in [-0.39, 0.29) is 0 Å². The van der Waals surface area contributed by atoms with Crippen LogP contribution in [0.15, 0.2) is 18.2 Å². The van der Waals surface area contributed by atoms with Crippen LogP contribution in [0.4, 0.5) is 0 Å². The lowest BCUT2D eigenvalue weighted by molar-refractivity contribution is 0.157. The van der Waals surface area contributed by atoms with E-state index < -0.39 is 0 Å². The van der Waals surface area contributed by atoms with Crippen molar-refractivity contribution in [1.29, 1.82) is 0 Å². The molecular formula is C16H21N3O. The zero-order chi connectivity index (χ0) is 13.5. The Morgan fingerprint density at radius 1 is 1.30 bits per heavy atom. The molecule has 20 heavy (non-hydrogen) atoms. The highest BCUT2D eigenvalue weighted by Gasteiger charge is 2.33. The fourth-order valence-corrected chi connectivity index (χ4v) is 3.42. The predicted molar refractivity (Wildman–Crippen MR) is 79.2 cm³/mol. The fourth-order valence-electron chi connectivity index (χ4n) is 3.42. The van der Waals surface area contributed by atoms with Gasteiger partial charge >= 0.3 is 0 Å². The Morgan fingerprint density at radius 2 is 2.20 bits per heavy atom. The molecule has 1 N–H and O–H groups in total. The van der Waals surface area contributed by atoms with Crippen molar-refractivity contribution in [3.63, 3.8) is 0 Å². The van der Waals surface area contributed by atoms with E-state index in [1.54, 1.807) is 7.11 Å². The number of methoxy groups -OCH3 is 1. The zero-order valence-corrected chi connectivity index (χ0v) is 11.9. The van der Waals surface area contributed by atoms with Gasteiger partial charge < -0.3 is 9.72 Å². The van der Waals surface area contributed by atoms with Crippen molar-refractivity contribution in [2.45, 2.75) is 37.6 Å². The summed E-state index contributed by atoms with van der Waals surface area (Å²) in [5, 5.41) is 0. The molecule has 2 fully saturated rings. The normalized spacial score (nSPS) is 24.1. The first-order chi connectivity index (χ1) is 9.83. The van der Waals surface area contributed by atoms with Gasteiger partial charge in [-0.25, -0.2) is 4.98 Å². The van der Waals surface area contributed by atoms with E-state index in [9.17, 15) is 0 Å². The first-order valence-electron chi connectivity index (χ1n) is 7.61. The van der Waals surface area contributed by atoms with Crippen molar-refractivity contribution in [3.8, 4) is 5.75 Å². The molecule has 1 saturated carbocycles. The van der Waals surface area contributed by atoms with Crippen LogP contribution in [-0.4, -0.2) is 41.1 Å². The molecule has 1 aromatic carbocycles. The summed E-state index contributed by atoms with van der Waals surface area (Å²) in [6, 6.07) is 6.89. The molecule has 1 aromatic heterocycles. The van der Waals surface area contributed by atoms with Crippen molar-refractivity contribution in [1.82, 2.24) is 14.9 Å². The van der Waals surface area contributed by atoms with Crippen LogP contribution in [0.3, 0.4) is 0 Å². The summed E-state index contributed by atoms with van der Waals surface area (Å²) in [6.07, 6.45) is 5.43. The number of imidazole rings is 1. The lowest BCUT2D eigenvalue weighted by Crippen LogP contribution is -2.38. The minimum absolute atomic E-state index is 0.564. The maximum absolute atomic E-state index is 5.27. The van der Waals surface area contributed by atoms with Gasteiger partial charge in [-0.3, -0.25) is 4.90 Å². The number of nitrogens with zero attached hydrogens (tertiary/aromatic N) is 2. The van der Waals surface area contributed by atoms with Crippen molar-refractivity contribution >= 4 is 11.0 Å². The topological polar surface area (TPSA) is 41.1 Å². The fraction of sp³-hybridized carbons (Fsp3) is 0.562. The summed E-state index contributed by atoms with van der Waals surface area (Å²) in [5.41, 5.74) is 2.13. The molecule has 2 aromatic rings. The van der Waals surface area contributed by atoms with E-state index in [4.69, 9.17) is 9.72 Å². The molecule has 2 heterocycles. The van der Waals surface area contributed by atoms with Gasteiger partial charge in [-0.1, -0.05) is 6.42 Å². The summed E-state index contributed by atoms with van der Waals surface area (Å²) < 4.78 is 5.27. The number of aromatic nitrogens is 2. The molecule has 4 heteroatoms. The first kappa shape index (κ1) is 12.2. The van der Waals surface area contributed by atoms with Crippen molar-refractivity contribution < 1.29 is 4.74 Å². The summed E-state index contributed by atoms with van der Waals surface area (Å²) in [7, 11) is 1.70. The molecule has 1 atom stereocenters. The van der Waals surface area contributed by atoms with E-state index >= 15 is 0 Å². The van der Waals surface area contributed by atoms with Gasteiger partial charge in [0.1, 0.15) is 11.6 Å². The molecule has 1 saturated heterocycles. The van der Waals surface area contributed by atoms with E-state index in [0.29, 0.717) is 5.92 Å². The standard InChI is InChI=1S/C16H21N3O/c1-20-13-5-6-14-15(9-13)18-16(17-14)11-7-8-19(10-11)12-3-2-4-12/h5-6,9,11-12H,2-4,7-8,10H2,1H3,(H,17,18). The third-order valence-electron chi connectivity index (χ3n) is 4.90. The number of hydrogen-bond donors (Lipinski definition) is 1. The van der Waals surface area contributed by atoms with Crippen LogP contribution in [0.25, 0.3) is 11.0 Å². The third kappa shape index (κ3) is 1.99. The SMILES string of the molecule is COc1ccc2nc(C3CCN(C4CCC4)C3)[nH]c2c1. The monoisotopic (exact) mass is 271 g/mol. The second-order valence-electron chi connectivity index (χ2n) is 6.07. The van der Waals surface area contributed by atoms with Crippen LogP contribution in [0, 0.1) is 0 Å². The van der Waals surface area contributed by atoms with Crippen LogP contribution >= 0.6 is 0 Å². The van der Waals surface area contributed by atoms with Gasteiger partial charge in [0.15, 0.2) is 0 Å². The van der Waals surface area contributed by atoms with Crippen LogP contribution < -0.4 is 4.74 Å². The van der Waals surface area contributed by atoms with Crippen LogP contribution in [0.5, 0.6) is 5.75 Å². The second-order valence-corrected chi connectivity index (χ2v) is 6.07. The predicted octanol–water partition coefficient (Wildman–Crippen LogP) is 2.91. The number of benzene rings is 1. The van der Waals surface area contributed by atoms with Gasteiger partial charge in [0.05, 0.1) is 18.1 Å². The summed E-state index contributed by atoms with van der Waals surface area (Å²) in [6.45, 7) is 2.40. The smallest absolute Gasteiger partial charge is 0.121 e. The highest BCUT2D eigenvalue weighted by molar-refractivity contribution is 5.76. The van der Waals surface area contributed by atoms with E-state index in [0.717, 1.165) is 28.6 Å². The number of ether oxygens (including phenoxy) is 1. The van der Waals surface area contributed by atoms with E-state index in [1.165, 1.54) is 38.8 Å². The van der Waals surface area contributed by atoms with Gasteiger partial charge in [0.25, 0.3) is 0 Å². The Labute approximate surface area is 119 Å². The quantitative estimate of drug-likeness (QED) is 0.933. The average Bonchev–Trinajstić information content (AvgIpc) is 3.01. The average molecular weight is 271 g/mol. The largest absolute Gasteiger partial charge is 0.497 e. The number of nitrogens with one attached hydrogen (secondary N) is 1. The number of fused-ring (bicyclic) bond motifs is 1. The Balaban J connectivity index is 1.56. The molecule has 0 radical (unpaired) electrons. The van der Waals surface area contributed by atoms with Gasteiger partial charge in [-0.05, 0) is 37.9 Å². The Kier molecular flexibility index (Phi) is 2.91. The van der Waals surface area contributed by atoms with Gasteiger partial charge in [-0.2, -0.15) is 0 Å². The lowest BCUT2D eigenvalue weighted by Gasteiger charge is -2.34. The van der Waals surface area contributed by atoms with E-state index in [1.807, 2.05) is 18.2 Å². The Bertz CT molecular complexity index is 617. The molecule has 1 aliphatic heterocycles. The van der Waals surface area contributed by atoms with Gasteiger partial charge in [0.2, 0.25) is 0 Å². The molecule has 0 amide bonds. The number of aromatic amines is 1. The second kappa shape index (κ2) is 4.77. The van der Waals surface area contributed by atoms with Crippen molar-refractivity contribution in [2.75, 3.05) is 20.2 Å². The summed E-state index contributed by atoms with van der Waals surface area (Å²) >= 11 is 0. The van der Waals surface area contributed by atoms with E-state index in [2.05, 4.69) is 9.88 Å². The molecule has 1 unspecified atom stereocenters. The summed E-state index contributed by atoms with van der Waals surface area (Å²) in [4.78, 5) is 10.9. The van der Waals surface area contributed by atoms with Crippen LogP contribution in [-0.2, 0) is 0 Å². The molecule has 2 aliphatic rings. The summed E-state index contributed by atoms with van der Waals surface area (Å²) in [5.74, 6) is 2.60. The zero-order valence-electron chi connectivity index (χ0n) is 11.9. The molecule has 0 spiro atoms. The van der Waals surface area contributed by atoms with Crippen molar-refractivity contribution in [2.24, 2.45) is 0 Å². The highest BCUT2D eigenvalue weighted by Crippen LogP contribution is 2.34. The molecular weight excluding hydrogens is 250 g/mol. The maximum Gasteiger partial charge on any atom is 0.121 e. The van der Waals surface area contributed by atoms with Crippen LogP contribution in [0.2, 0.25) is 0 Å². The molecule has 4 nitrogen and oxygen atoms in total. The third-order valence-corrected chi connectivity index (χ3v) is 4.90. The van der Waals surface area contributed by atoms with Crippen LogP contribution in [0.1, 0.15) is 37.4 Å². The first-order valence-corrected chi connectivity index (χ1v) is 7.61.